The third-order valence-electron chi connectivity index (χ3n) is 4.52. The molecule has 2 amide bonds. The first-order valence-electron chi connectivity index (χ1n) is 10.1. The second kappa shape index (κ2) is 11.9. The molecule has 0 aliphatic rings. The zero-order valence-electron chi connectivity index (χ0n) is 17.9. The van der Waals surface area contributed by atoms with E-state index in [-0.39, 0.29) is 23.5 Å². The number of hydrogen-bond acceptors (Lipinski definition) is 4. The van der Waals surface area contributed by atoms with Crippen LogP contribution in [-0.4, -0.2) is 37.6 Å². The van der Waals surface area contributed by atoms with Gasteiger partial charge in [0.25, 0.3) is 5.91 Å². The van der Waals surface area contributed by atoms with E-state index in [1.807, 2.05) is 20.8 Å². The summed E-state index contributed by atoms with van der Waals surface area (Å²) in [4.78, 5) is 25.1. The van der Waals surface area contributed by atoms with Gasteiger partial charge in [-0.2, -0.15) is 8.78 Å². The summed E-state index contributed by atoms with van der Waals surface area (Å²) >= 11 is 0. The molecule has 0 heterocycles. The van der Waals surface area contributed by atoms with E-state index in [1.165, 1.54) is 12.1 Å². The summed E-state index contributed by atoms with van der Waals surface area (Å²) < 4.78 is 34.1. The van der Waals surface area contributed by atoms with Gasteiger partial charge in [-0.05, 0) is 61.2 Å². The number of halogens is 2. The van der Waals surface area contributed by atoms with Crippen molar-refractivity contribution in [2.45, 2.75) is 39.8 Å². The summed E-state index contributed by atoms with van der Waals surface area (Å²) in [6.07, 6.45) is 0.512. The van der Waals surface area contributed by atoms with Gasteiger partial charge in [0.05, 0.1) is 6.61 Å². The molecule has 0 saturated heterocycles. The van der Waals surface area contributed by atoms with E-state index in [9.17, 15) is 18.4 Å². The predicted molar refractivity (Wildman–Crippen MR) is 113 cm³/mol. The largest absolute Gasteiger partial charge is 0.494 e. The van der Waals surface area contributed by atoms with Gasteiger partial charge in [0.15, 0.2) is 0 Å². The lowest BCUT2D eigenvalue weighted by molar-refractivity contribution is -0.123. The zero-order valence-corrected chi connectivity index (χ0v) is 17.9. The Morgan fingerprint density at radius 3 is 2.13 bits per heavy atom. The SMILES string of the molecule is CCOc1ccc(C(=O)N[C@H](C(=O)NCCc2ccc(OC(F)F)cc2)C(C)C)cc1. The van der Waals surface area contributed by atoms with Crippen LogP contribution in [0.5, 0.6) is 11.5 Å². The molecule has 0 spiro atoms. The molecule has 0 bridgehead atoms. The van der Waals surface area contributed by atoms with Crippen molar-refractivity contribution in [3.05, 3.63) is 59.7 Å². The number of carbonyl (C=O) groups is 2. The molecule has 2 aromatic carbocycles. The van der Waals surface area contributed by atoms with Crippen LogP contribution in [0.25, 0.3) is 0 Å². The Morgan fingerprint density at radius 2 is 1.58 bits per heavy atom. The van der Waals surface area contributed by atoms with Gasteiger partial charge < -0.3 is 20.1 Å². The van der Waals surface area contributed by atoms with Crippen molar-refractivity contribution in [3.63, 3.8) is 0 Å². The number of nitrogens with one attached hydrogen (secondary N) is 2. The highest BCUT2D eigenvalue weighted by Crippen LogP contribution is 2.15. The number of amides is 2. The lowest BCUT2D eigenvalue weighted by atomic mass is 10.0. The molecule has 8 heteroatoms. The Labute approximate surface area is 180 Å². The number of rotatable bonds is 11. The van der Waals surface area contributed by atoms with E-state index in [4.69, 9.17) is 4.74 Å². The van der Waals surface area contributed by atoms with Gasteiger partial charge >= 0.3 is 6.61 Å². The monoisotopic (exact) mass is 434 g/mol. The molecule has 0 radical (unpaired) electrons. The Bertz CT molecular complexity index is 840. The van der Waals surface area contributed by atoms with Crippen LogP contribution in [0, 0.1) is 5.92 Å². The highest BCUT2D eigenvalue weighted by Gasteiger charge is 2.24. The van der Waals surface area contributed by atoms with Crippen LogP contribution < -0.4 is 20.1 Å². The first kappa shape index (κ1) is 24.1. The van der Waals surface area contributed by atoms with Crippen molar-refractivity contribution in [2.24, 2.45) is 5.92 Å². The summed E-state index contributed by atoms with van der Waals surface area (Å²) in [6.45, 7) is 3.60. The maximum Gasteiger partial charge on any atom is 0.387 e. The van der Waals surface area contributed by atoms with Gasteiger partial charge in [-0.25, -0.2) is 0 Å². The molecule has 0 aromatic heterocycles. The fraction of sp³-hybridized carbons (Fsp3) is 0.391. The van der Waals surface area contributed by atoms with E-state index in [0.717, 1.165) is 5.56 Å². The number of alkyl halides is 2. The molecule has 0 aliphatic heterocycles. The summed E-state index contributed by atoms with van der Waals surface area (Å²) in [5.74, 6) is 0.0153. The van der Waals surface area contributed by atoms with Crippen LogP contribution in [-0.2, 0) is 11.2 Å². The molecule has 0 unspecified atom stereocenters. The number of benzene rings is 2. The molecular formula is C23H28F2N2O4. The standard InChI is InChI=1S/C23H28F2N2O4/c1-4-30-18-11-7-17(8-12-18)21(28)27-20(15(2)3)22(29)26-14-13-16-5-9-19(10-6-16)31-23(24)25/h5-12,15,20,23H,4,13-14H2,1-3H3,(H,26,29)(H,27,28)/t20-/m0/s1. The highest BCUT2D eigenvalue weighted by molar-refractivity contribution is 5.97. The van der Waals surface area contributed by atoms with Crippen LogP contribution >= 0.6 is 0 Å². The third-order valence-corrected chi connectivity index (χ3v) is 4.52. The number of hydrogen-bond donors (Lipinski definition) is 2. The van der Waals surface area contributed by atoms with E-state index in [0.29, 0.717) is 30.9 Å². The second-order valence-corrected chi connectivity index (χ2v) is 7.22. The van der Waals surface area contributed by atoms with Gasteiger partial charge in [0.2, 0.25) is 5.91 Å². The molecule has 31 heavy (non-hydrogen) atoms. The highest BCUT2D eigenvalue weighted by atomic mass is 19.3. The first-order valence-corrected chi connectivity index (χ1v) is 10.1. The first-order chi connectivity index (χ1) is 14.8. The maximum atomic E-state index is 12.6. The van der Waals surface area contributed by atoms with E-state index in [1.54, 1.807) is 36.4 Å². The van der Waals surface area contributed by atoms with Crippen molar-refractivity contribution in [3.8, 4) is 11.5 Å². The van der Waals surface area contributed by atoms with Crippen molar-refractivity contribution in [1.82, 2.24) is 10.6 Å². The molecule has 2 N–H and O–H groups in total. The lowest BCUT2D eigenvalue weighted by Crippen LogP contribution is -2.50. The van der Waals surface area contributed by atoms with Crippen LogP contribution in [0.3, 0.4) is 0 Å². The molecule has 2 aromatic rings. The lowest BCUT2D eigenvalue weighted by Gasteiger charge is -2.22. The summed E-state index contributed by atoms with van der Waals surface area (Å²) in [5.41, 5.74) is 1.30. The maximum absolute atomic E-state index is 12.6. The third kappa shape index (κ3) is 7.88. The fourth-order valence-corrected chi connectivity index (χ4v) is 2.91. The van der Waals surface area contributed by atoms with Gasteiger partial charge in [-0.15, -0.1) is 0 Å². The van der Waals surface area contributed by atoms with Crippen molar-refractivity contribution >= 4 is 11.8 Å². The normalized spacial score (nSPS) is 11.8. The van der Waals surface area contributed by atoms with E-state index < -0.39 is 12.7 Å². The van der Waals surface area contributed by atoms with Crippen LogP contribution in [0.4, 0.5) is 8.78 Å². The van der Waals surface area contributed by atoms with Crippen LogP contribution in [0.2, 0.25) is 0 Å². The average molecular weight is 434 g/mol. The molecular weight excluding hydrogens is 406 g/mol. The van der Waals surface area contributed by atoms with E-state index >= 15 is 0 Å². The minimum atomic E-state index is -2.86. The number of carbonyl (C=O) groups excluding carboxylic acids is 2. The number of ether oxygens (including phenoxy) is 2. The van der Waals surface area contributed by atoms with E-state index in [2.05, 4.69) is 15.4 Å². The molecule has 168 valence electrons. The van der Waals surface area contributed by atoms with Gasteiger partial charge in [0, 0.05) is 12.1 Å². The van der Waals surface area contributed by atoms with Crippen LogP contribution in [0.1, 0.15) is 36.7 Å². The Kier molecular flexibility index (Phi) is 9.24. The topological polar surface area (TPSA) is 76.7 Å². The van der Waals surface area contributed by atoms with Gasteiger partial charge in [-0.1, -0.05) is 26.0 Å². The molecule has 0 saturated carbocycles. The molecule has 1 atom stereocenters. The van der Waals surface area contributed by atoms with Crippen molar-refractivity contribution in [1.29, 1.82) is 0 Å². The molecule has 2 rings (SSSR count). The van der Waals surface area contributed by atoms with Crippen LogP contribution in [0.15, 0.2) is 48.5 Å². The molecule has 0 fully saturated rings. The van der Waals surface area contributed by atoms with Crippen molar-refractivity contribution < 1.29 is 27.8 Å². The minimum Gasteiger partial charge on any atom is -0.494 e. The quantitative estimate of drug-likeness (QED) is 0.564. The minimum absolute atomic E-state index is 0.0830. The Balaban J connectivity index is 1.87. The smallest absolute Gasteiger partial charge is 0.387 e. The summed E-state index contributed by atoms with van der Waals surface area (Å²) in [5, 5.41) is 5.60. The second-order valence-electron chi connectivity index (χ2n) is 7.22. The molecule has 6 nitrogen and oxygen atoms in total. The summed E-state index contributed by atoms with van der Waals surface area (Å²) in [6, 6.07) is 12.3. The zero-order chi connectivity index (χ0) is 22.8. The summed E-state index contributed by atoms with van der Waals surface area (Å²) in [7, 11) is 0. The Morgan fingerprint density at radius 1 is 0.968 bits per heavy atom. The van der Waals surface area contributed by atoms with Crippen molar-refractivity contribution in [2.75, 3.05) is 13.2 Å². The molecule has 0 aliphatic carbocycles. The predicted octanol–water partition coefficient (Wildman–Crippen LogP) is 3.80. The Hall–Kier alpha value is -3.16. The van der Waals surface area contributed by atoms with Gasteiger partial charge in [0.1, 0.15) is 17.5 Å². The average Bonchev–Trinajstić information content (AvgIpc) is 2.73. The fourth-order valence-electron chi connectivity index (χ4n) is 2.91. The van der Waals surface area contributed by atoms with Gasteiger partial charge in [-0.3, -0.25) is 9.59 Å².